The van der Waals surface area contributed by atoms with E-state index < -0.39 is 5.97 Å². The van der Waals surface area contributed by atoms with Gasteiger partial charge in [-0.15, -0.1) is 6.58 Å². The minimum atomic E-state index is -0.416. The Morgan fingerprint density at radius 2 is 2.12 bits per heavy atom. The molecule has 1 aromatic heterocycles. The number of phenols is 1. The molecule has 0 amide bonds. The molecule has 0 bridgehead atoms. The standard InChI is InChI=1S/C18H22N2O4/c1-5-6-13-7-14(22)8-15-17(12(4)21)19-20(18(13)15)9-16(23)24-10-11(2)3/h5,7-8,11,22H,1,6,9-10H2,2-4H3. The van der Waals surface area contributed by atoms with Crippen molar-refractivity contribution in [2.24, 2.45) is 5.92 Å². The maximum absolute atomic E-state index is 12.0. The molecular weight excluding hydrogens is 308 g/mol. The first-order valence-corrected chi connectivity index (χ1v) is 7.83. The monoisotopic (exact) mass is 330 g/mol. The number of fused-ring (bicyclic) bond motifs is 1. The minimum absolute atomic E-state index is 0.0452. The minimum Gasteiger partial charge on any atom is -0.508 e. The van der Waals surface area contributed by atoms with Gasteiger partial charge in [-0.1, -0.05) is 19.9 Å². The first kappa shape index (κ1) is 17.7. The van der Waals surface area contributed by atoms with Crippen LogP contribution in [0.1, 0.15) is 36.8 Å². The number of phenolic OH excluding ortho intramolecular Hbond substituents is 1. The maximum atomic E-state index is 12.0. The van der Waals surface area contributed by atoms with Crippen LogP contribution in [0.2, 0.25) is 0 Å². The maximum Gasteiger partial charge on any atom is 0.327 e. The summed E-state index contributed by atoms with van der Waals surface area (Å²) < 4.78 is 6.66. The average molecular weight is 330 g/mol. The smallest absolute Gasteiger partial charge is 0.327 e. The number of esters is 1. The highest BCUT2D eigenvalue weighted by molar-refractivity contribution is 6.06. The number of rotatable bonds is 7. The Balaban J connectivity index is 2.50. The lowest BCUT2D eigenvalue weighted by molar-refractivity contribution is -0.145. The van der Waals surface area contributed by atoms with Crippen LogP contribution in [-0.4, -0.2) is 33.2 Å². The van der Waals surface area contributed by atoms with Crippen LogP contribution in [0, 0.1) is 5.92 Å². The first-order chi connectivity index (χ1) is 11.3. The summed E-state index contributed by atoms with van der Waals surface area (Å²) in [6, 6.07) is 3.08. The normalized spacial score (nSPS) is 11.0. The topological polar surface area (TPSA) is 81.4 Å². The van der Waals surface area contributed by atoms with Crippen LogP contribution in [0.4, 0.5) is 0 Å². The Morgan fingerprint density at radius 3 is 2.71 bits per heavy atom. The number of ketones is 1. The summed E-state index contributed by atoms with van der Waals surface area (Å²) in [6.45, 7) is 9.25. The molecule has 6 heteroatoms. The fraction of sp³-hybridized carbons (Fsp3) is 0.389. The van der Waals surface area contributed by atoms with E-state index in [1.807, 2.05) is 13.8 Å². The molecule has 0 saturated carbocycles. The van der Waals surface area contributed by atoms with Crippen molar-refractivity contribution in [2.45, 2.75) is 33.7 Å². The molecule has 1 heterocycles. The fourth-order valence-electron chi connectivity index (χ4n) is 2.50. The number of aromatic nitrogens is 2. The predicted molar refractivity (Wildman–Crippen MR) is 91.1 cm³/mol. The van der Waals surface area contributed by atoms with Gasteiger partial charge >= 0.3 is 5.97 Å². The number of benzene rings is 1. The van der Waals surface area contributed by atoms with Gasteiger partial charge in [0.2, 0.25) is 0 Å². The number of hydrogen-bond donors (Lipinski definition) is 1. The van der Waals surface area contributed by atoms with Gasteiger partial charge in [-0.25, -0.2) is 0 Å². The van der Waals surface area contributed by atoms with Gasteiger partial charge in [-0.3, -0.25) is 14.3 Å². The fourth-order valence-corrected chi connectivity index (χ4v) is 2.50. The molecule has 0 atom stereocenters. The zero-order chi connectivity index (χ0) is 17.9. The van der Waals surface area contributed by atoms with E-state index in [0.29, 0.717) is 23.9 Å². The van der Waals surface area contributed by atoms with E-state index in [1.165, 1.54) is 17.7 Å². The number of ether oxygens (including phenoxy) is 1. The van der Waals surface area contributed by atoms with Crippen LogP contribution in [0.25, 0.3) is 10.9 Å². The number of carbonyl (C=O) groups excluding carboxylic acids is 2. The molecule has 24 heavy (non-hydrogen) atoms. The van der Waals surface area contributed by atoms with Gasteiger partial charge in [0.15, 0.2) is 5.78 Å². The lowest BCUT2D eigenvalue weighted by Gasteiger charge is -2.09. The number of Topliss-reactive ketones (excluding diaryl/α,β-unsaturated/α-hetero) is 1. The van der Waals surface area contributed by atoms with E-state index in [9.17, 15) is 14.7 Å². The van der Waals surface area contributed by atoms with Crippen molar-refractivity contribution in [2.75, 3.05) is 6.61 Å². The van der Waals surface area contributed by atoms with Gasteiger partial charge in [0, 0.05) is 12.3 Å². The summed E-state index contributed by atoms with van der Waals surface area (Å²) >= 11 is 0. The number of carbonyl (C=O) groups is 2. The van der Waals surface area contributed by atoms with E-state index in [2.05, 4.69) is 11.7 Å². The highest BCUT2D eigenvalue weighted by Crippen LogP contribution is 2.28. The molecule has 0 aliphatic carbocycles. The summed E-state index contributed by atoms with van der Waals surface area (Å²) in [7, 11) is 0. The van der Waals surface area contributed by atoms with E-state index in [0.717, 1.165) is 5.56 Å². The second-order valence-electron chi connectivity index (χ2n) is 6.13. The summed E-state index contributed by atoms with van der Waals surface area (Å²) in [6.07, 6.45) is 2.17. The summed E-state index contributed by atoms with van der Waals surface area (Å²) in [5.41, 5.74) is 1.61. The van der Waals surface area contributed by atoms with E-state index in [4.69, 9.17) is 4.74 Å². The zero-order valence-electron chi connectivity index (χ0n) is 14.2. The molecular formula is C18H22N2O4. The van der Waals surface area contributed by atoms with Crippen molar-refractivity contribution >= 4 is 22.7 Å². The van der Waals surface area contributed by atoms with Crippen LogP contribution in [-0.2, 0) is 22.5 Å². The van der Waals surface area contributed by atoms with Crippen molar-refractivity contribution in [3.8, 4) is 5.75 Å². The van der Waals surface area contributed by atoms with Gasteiger partial charge in [0.25, 0.3) is 0 Å². The number of hydrogen-bond acceptors (Lipinski definition) is 5. The molecule has 0 radical (unpaired) electrons. The lowest BCUT2D eigenvalue weighted by Crippen LogP contribution is -2.17. The second-order valence-corrected chi connectivity index (χ2v) is 6.13. The van der Waals surface area contributed by atoms with Gasteiger partial charge in [-0.2, -0.15) is 5.10 Å². The van der Waals surface area contributed by atoms with E-state index in [1.54, 1.807) is 12.1 Å². The van der Waals surface area contributed by atoms with Crippen LogP contribution in [0.3, 0.4) is 0 Å². The molecule has 0 aliphatic heterocycles. The van der Waals surface area contributed by atoms with Crippen molar-refractivity contribution in [3.05, 3.63) is 36.0 Å². The number of nitrogens with zero attached hydrogens (tertiary/aromatic N) is 2. The van der Waals surface area contributed by atoms with Crippen molar-refractivity contribution in [1.82, 2.24) is 9.78 Å². The zero-order valence-corrected chi connectivity index (χ0v) is 14.2. The highest BCUT2D eigenvalue weighted by Gasteiger charge is 2.20. The van der Waals surface area contributed by atoms with Crippen molar-refractivity contribution in [3.63, 3.8) is 0 Å². The molecule has 1 aromatic carbocycles. The predicted octanol–water partition coefficient (Wildman–Crippen LogP) is 2.87. The van der Waals surface area contributed by atoms with Crippen molar-refractivity contribution in [1.29, 1.82) is 0 Å². The van der Waals surface area contributed by atoms with Gasteiger partial charge in [0.1, 0.15) is 18.0 Å². The molecule has 2 rings (SSSR count). The number of aromatic hydroxyl groups is 1. The molecule has 0 spiro atoms. The van der Waals surface area contributed by atoms with Gasteiger partial charge in [-0.05, 0) is 30.0 Å². The Hall–Kier alpha value is -2.63. The third kappa shape index (κ3) is 3.82. The third-order valence-corrected chi connectivity index (χ3v) is 3.46. The van der Waals surface area contributed by atoms with Crippen LogP contribution in [0.15, 0.2) is 24.8 Å². The van der Waals surface area contributed by atoms with Crippen LogP contribution >= 0.6 is 0 Å². The molecule has 6 nitrogen and oxygen atoms in total. The largest absolute Gasteiger partial charge is 0.508 e. The van der Waals surface area contributed by atoms with Gasteiger partial charge < -0.3 is 9.84 Å². The Morgan fingerprint density at radius 1 is 1.42 bits per heavy atom. The first-order valence-electron chi connectivity index (χ1n) is 7.83. The van der Waals surface area contributed by atoms with Crippen LogP contribution < -0.4 is 0 Å². The van der Waals surface area contributed by atoms with Crippen molar-refractivity contribution < 1.29 is 19.4 Å². The highest BCUT2D eigenvalue weighted by atomic mass is 16.5. The molecule has 2 aromatic rings. The molecule has 0 aliphatic rings. The summed E-state index contributed by atoms with van der Waals surface area (Å²) in [4.78, 5) is 23.9. The van der Waals surface area contributed by atoms with Crippen LogP contribution in [0.5, 0.6) is 5.75 Å². The Kier molecular flexibility index (Phi) is 5.39. The molecule has 0 saturated heterocycles. The summed E-state index contributed by atoms with van der Waals surface area (Å²) in [5.74, 6) is -0.363. The van der Waals surface area contributed by atoms with E-state index in [-0.39, 0.29) is 29.7 Å². The Bertz CT molecular complexity index is 790. The van der Waals surface area contributed by atoms with Gasteiger partial charge in [0.05, 0.1) is 12.1 Å². The number of allylic oxidation sites excluding steroid dienone is 1. The second kappa shape index (κ2) is 7.29. The quantitative estimate of drug-likeness (QED) is 0.479. The summed E-state index contributed by atoms with van der Waals surface area (Å²) in [5, 5.41) is 14.7. The van der Waals surface area contributed by atoms with E-state index >= 15 is 0 Å². The Labute approximate surface area is 140 Å². The third-order valence-electron chi connectivity index (χ3n) is 3.46. The average Bonchev–Trinajstić information content (AvgIpc) is 2.84. The molecule has 0 unspecified atom stereocenters. The molecule has 0 fully saturated rings. The SMILES string of the molecule is C=CCc1cc(O)cc2c(C(C)=O)nn(CC(=O)OCC(C)C)c12. The lowest BCUT2D eigenvalue weighted by atomic mass is 10.0. The molecule has 1 N–H and O–H groups in total. The molecule has 128 valence electrons.